The van der Waals surface area contributed by atoms with Crippen LogP contribution in [0.1, 0.15) is 37.9 Å². The Morgan fingerprint density at radius 1 is 1.05 bits per heavy atom. The quantitative estimate of drug-likeness (QED) is 0.346. The summed E-state index contributed by atoms with van der Waals surface area (Å²) in [4.78, 5) is 35.7. The van der Waals surface area contributed by atoms with E-state index in [2.05, 4.69) is 10.3 Å². The third kappa shape index (κ3) is 3.90. The highest BCUT2D eigenvalue weighted by Crippen LogP contribution is 2.45. The van der Waals surface area contributed by atoms with Gasteiger partial charge in [0.2, 0.25) is 0 Å². The second kappa shape index (κ2) is 9.87. The van der Waals surface area contributed by atoms with Crippen LogP contribution in [0.3, 0.4) is 0 Å². The zero-order chi connectivity index (χ0) is 30.2. The maximum Gasteiger partial charge on any atom is 0.281 e. The number of aromatic nitrogens is 2. The van der Waals surface area contributed by atoms with Crippen molar-refractivity contribution in [2.75, 3.05) is 35.7 Å². The van der Waals surface area contributed by atoms with E-state index in [1.165, 1.54) is 24.1 Å². The highest BCUT2D eigenvalue weighted by Gasteiger charge is 2.43. The molecule has 1 fully saturated rings. The van der Waals surface area contributed by atoms with E-state index < -0.39 is 40.2 Å². The van der Waals surface area contributed by atoms with Crippen LogP contribution < -0.4 is 26.4 Å². The van der Waals surface area contributed by atoms with Gasteiger partial charge < -0.3 is 20.9 Å². The molecule has 0 saturated carbocycles. The van der Waals surface area contributed by atoms with Gasteiger partial charge in [-0.05, 0) is 49.6 Å². The Labute approximate surface area is 240 Å². The molecule has 0 bridgehead atoms. The number of piperazine rings is 1. The van der Waals surface area contributed by atoms with Crippen molar-refractivity contribution in [2.24, 2.45) is 0 Å². The predicted molar refractivity (Wildman–Crippen MR) is 158 cm³/mol. The van der Waals surface area contributed by atoms with Gasteiger partial charge in [-0.25, -0.2) is 13.2 Å². The van der Waals surface area contributed by atoms with Gasteiger partial charge in [0.05, 0.1) is 28.1 Å². The first-order valence-electron chi connectivity index (χ1n) is 13.8. The van der Waals surface area contributed by atoms with Crippen molar-refractivity contribution in [1.82, 2.24) is 14.9 Å². The first-order valence-corrected chi connectivity index (χ1v) is 13.8. The van der Waals surface area contributed by atoms with E-state index in [0.717, 1.165) is 16.7 Å². The summed E-state index contributed by atoms with van der Waals surface area (Å²) in [5.41, 5.74) is 5.56. The average Bonchev–Trinajstić information content (AvgIpc) is 2.93. The third-order valence-electron chi connectivity index (χ3n) is 8.27. The van der Waals surface area contributed by atoms with Crippen LogP contribution in [0.2, 0.25) is 0 Å². The molecule has 11 heteroatoms. The molecular formula is C31H31F3N6O2. The first-order chi connectivity index (χ1) is 19.9. The highest BCUT2D eigenvalue weighted by atomic mass is 19.1. The van der Waals surface area contributed by atoms with Crippen molar-refractivity contribution in [3.63, 3.8) is 0 Å². The highest BCUT2D eigenvalue weighted by molar-refractivity contribution is 6.12. The van der Waals surface area contributed by atoms with Gasteiger partial charge in [-0.2, -0.15) is 0 Å². The molecule has 4 aromatic rings. The Balaban J connectivity index is 1.86. The Bertz CT molecular complexity index is 1830. The molecule has 2 aromatic heterocycles. The summed E-state index contributed by atoms with van der Waals surface area (Å²) in [6.07, 6.45) is 1.60. The summed E-state index contributed by atoms with van der Waals surface area (Å²) in [7, 11) is 1.49. The smallest absolute Gasteiger partial charge is 0.281 e. The minimum absolute atomic E-state index is 0.00719. The lowest BCUT2D eigenvalue weighted by atomic mass is 9.95. The van der Waals surface area contributed by atoms with Crippen LogP contribution in [0.4, 0.5) is 30.2 Å². The van der Waals surface area contributed by atoms with Crippen molar-refractivity contribution in [3.05, 3.63) is 75.6 Å². The topological polar surface area (TPSA) is 96.5 Å². The summed E-state index contributed by atoms with van der Waals surface area (Å²) in [5, 5.41) is 3.35. The number of anilines is 3. The van der Waals surface area contributed by atoms with Gasteiger partial charge in [-0.15, -0.1) is 0 Å². The summed E-state index contributed by atoms with van der Waals surface area (Å²) < 4.78 is 49.5. The average molecular weight is 577 g/mol. The van der Waals surface area contributed by atoms with E-state index in [1.54, 1.807) is 24.1 Å². The molecule has 4 heterocycles. The lowest BCUT2D eigenvalue weighted by Gasteiger charge is -2.46. The maximum absolute atomic E-state index is 17.1. The fourth-order valence-corrected chi connectivity index (χ4v) is 6.28. The van der Waals surface area contributed by atoms with Crippen LogP contribution in [-0.2, 0) is 4.79 Å². The molecule has 0 radical (unpaired) electrons. The second-order valence-electron chi connectivity index (χ2n) is 11.4. The van der Waals surface area contributed by atoms with E-state index in [9.17, 15) is 9.59 Å². The van der Waals surface area contributed by atoms with E-state index >= 15 is 13.2 Å². The van der Waals surface area contributed by atoms with Crippen molar-refractivity contribution in [2.45, 2.75) is 45.7 Å². The van der Waals surface area contributed by atoms with Crippen LogP contribution in [-0.4, -0.2) is 47.7 Å². The first kappa shape index (κ1) is 27.8. The molecule has 3 N–H and O–H groups in total. The minimum Gasteiger partial charge on any atom is -0.398 e. The number of hydrogen-bond acceptors (Lipinski definition) is 6. The number of benzene rings is 2. The molecule has 2 aliphatic rings. The largest absolute Gasteiger partial charge is 0.398 e. The molecule has 2 atom stereocenters. The number of carbonyl (C=O) groups is 1. The number of hydrogen-bond donors (Lipinski definition) is 2. The Hall–Kier alpha value is -4.38. The molecular weight excluding hydrogens is 545 g/mol. The third-order valence-corrected chi connectivity index (χ3v) is 8.27. The Morgan fingerprint density at radius 3 is 2.48 bits per heavy atom. The fourth-order valence-electron chi connectivity index (χ4n) is 6.28. The molecule has 1 saturated heterocycles. The van der Waals surface area contributed by atoms with Crippen LogP contribution in [0, 0.1) is 24.4 Å². The number of rotatable bonds is 3. The molecule has 218 valence electrons. The van der Waals surface area contributed by atoms with Crippen molar-refractivity contribution < 1.29 is 18.0 Å². The maximum atomic E-state index is 17.1. The molecule has 1 amide bonds. The van der Waals surface area contributed by atoms with E-state index in [-0.39, 0.29) is 45.8 Å². The Kier molecular flexibility index (Phi) is 6.53. The minimum atomic E-state index is -1.14. The van der Waals surface area contributed by atoms with Crippen LogP contribution in [0.15, 0.2) is 41.3 Å². The molecule has 8 nitrogen and oxygen atoms in total. The molecule has 42 heavy (non-hydrogen) atoms. The van der Waals surface area contributed by atoms with Gasteiger partial charge in [0.1, 0.15) is 23.4 Å². The summed E-state index contributed by atoms with van der Waals surface area (Å²) >= 11 is 0. The van der Waals surface area contributed by atoms with E-state index in [1.807, 2.05) is 20.8 Å². The Morgan fingerprint density at radius 2 is 1.79 bits per heavy atom. The molecule has 0 unspecified atom stereocenters. The van der Waals surface area contributed by atoms with Crippen molar-refractivity contribution in [1.29, 1.82) is 0 Å². The van der Waals surface area contributed by atoms with Gasteiger partial charge in [-0.1, -0.05) is 19.9 Å². The number of nitrogens with two attached hydrogens (primary N) is 1. The lowest BCUT2D eigenvalue weighted by molar-refractivity contribution is -0.120. The molecule has 0 aliphatic carbocycles. The van der Waals surface area contributed by atoms with Crippen LogP contribution in [0.5, 0.6) is 0 Å². The summed E-state index contributed by atoms with van der Waals surface area (Å²) in [6, 6.07) is 5.84. The molecule has 0 spiro atoms. The summed E-state index contributed by atoms with van der Waals surface area (Å²) in [5.74, 6) is -3.58. The number of fused-ring (bicyclic) bond motifs is 5. The van der Waals surface area contributed by atoms with Gasteiger partial charge in [0, 0.05) is 49.0 Å². The number of nitrogens with zero attached hydrogens (tertiary/aromatic N) is 4. The number of nitrogen functional groups attached to an aromatic ring is 1. The second-order valence-corrected chi connectivity index (χ2v) is 11.4. The molecule has 2 aliphatic heterocycles. The monoisotopic (exact) mass is 576 g/mol. The predicted octanol–water partition coefficient (Wildman–Crippen LogP) is 4.63. The zero-order valence-corrected chi connectivity index (χ0v) is 23.9. The van der Waals surface area contributed by atoms with Gasteiger partial charge in [-0.3, -0.25) is 19.1 Å². The van der Waals surface area contributed by atoms with Gasteiger partial charge >= 0.3 is 0 Å². The normalized spacial score (nSPS) is 18.5. The van der Waals surface area contributed by atoms with E-state index in [4.69, 9.17) is 5.73 Å². The van der Waals surface area contributed by atoms with Crippen molar-refractivity contribution in [3.8, 4) is 16.8 Å². The number of carbonyl (C=O) groups excluding carboxylic acids is 1. The standard InChI is InChI=1S/C31H31F3N6O2/c1-14(2)25-26(15(3)9-10-36-25)40-27-17(11-19(33)23(24(27)34)22-18(32)7-6-8-20(22)35)28-29(31(40)42)38(5)30(41)21-12-37-16(4)13-39(21)28/h6-11,14,16,21,37H,12-13,35H2,1-5H3/t16-,21-/m1/s1. The number of likely N-dealkylation sites (N-methyl/N-ethyl adjacent to an activating group) is 1. The number of halogens is 3. The van der Waals surface area contributed by atoms with Crippen LogP contribution in [0.25, 0.3) is 27.7 Å². The number of amides is 1. The number of pyridine rings is 2. The van der Waals surface area contributed by atoms with Gasteiger partial charge in [0.25, 0.3) is 11.5 Å². The van der Waals surface area contributed by atoms with E-state index in [0.29, 0.717) is 30.0 Å². The molecule has 6 rings (SSSR count). The summed E-state index contributed by atoms with van der Waals surface area (Å²) in [6.45, 7) is 8.09. The number of aryl methyl sites for hydroxylation is 1. The lowest BCUT2D eigenvalue weighted by Crippen LogP contribution is -2.64. The van der Waals surface area contributed by atoms with Crippen molar-refractivity contribution >= 4 is 33.9 Å². The zero-order valence-electron chi connectivity index (χ0n) is 23.9. The SMILES string of the molecule is Cc1ccnc(C(C)C)c1-n1c(=O)c2c(c3cc(F)c(-c4c(N)cccc4F)c(F)c31)N1C[C@@H](C)NC[C@@H]1C(=O)N2C. The van der Waals surface area contributed by atoms with Gasteiger partial charge in [0.15, 0.2) is 5.82 Å². The van der Waals surface area contributed by atoms with Crippen LogP contribution >= 0.6 is 0 Å². The number of nitrogens with one attached hydrogen (secondary N) is 1. The molecule has 2 aromatic carbocycles. The fraction of sp³-hybridized carbons (Fsp3) is 0.323.